The first kappa shape index (κ1) is 9.86. The van der Waals surface area contributed by atoms with Crippen molar-refractivity contribution in [1.29, 1.82) is 0 Å². The van der Waals surface area contributed by atoms with Gasteiger partial charge in [-0.1, -0.05) is 5.92 Å². The molecule has 0 bridgehead atoms. The van der Waals surface area contributed by atoms with Crippen molar-refractivity contribution in [2.45, 2.75) is 0 Å². The largest absolute Gasteiger partial charge is 0.508 e. The predicted octanol–water partition coefficient (Wildman–Crippen LogP) is 1.35. The number of phenols is 1. The molecule has 0 fully saturated rings. The number of hydrogen-bond donors (Lipinski definition) is 2. The lowest BCUT2D eigenvalue weighted by molar-refractivity contribution is -0.384. The molecule has 72 valence electrons. The highest BCUT2D eigenvalue weighted by Gasteiger charge is 2.13. The van der Waals surface area contributed by atoms with Crippen LogP contribution in [-0.2, 0) is 0 Å². The second kappa shape index (κ2) is 4.14. The van der Waals surface area contributed by atoms with Gasteiger partial charge in [-0.3, -0.25) is 10.1 Å². The second-order valence-electron chi connectivity index (χ2n) is 2.52. The number of nitro groups is 1. The Morgan fingerprint density at radius 3 is 2.93 bits per heavy atom. The van der Waals surface area contributed by atoms with Crippen LogP contribution < -0.4 is 5.32 Å². The van der Waals surface area contributed by atoms with E-state index in [2.05, 4.69) is 11.2 Å². The third kappa shape index (κ3) is 2.14. The lowest BCUT2D eigenvalue weighted by Gasteiger charge is -2.03. The summed E-state index contributed by atoms with van der Waals surface area (Å²) < 4.78 is 0. The molecule has 0 radical (unpaired) electrons. The van der Waals surface area contributed by atoms with Crippen molar-refractivity contribution in [1.82, 2.24) is 0 Å². The summed E-state index contributed by atoms with van der Waals surface area (Å²) in [6, 6.07) is 3.83. The molecule has 0 aliphatic heterocycles. The van der Waals surface area contributed by atoms with E-state index in [1.54, 1.807) is 0 Å². The quantitative estimate of drug-likeness (QED) is 0.328. The SMILES string of the molecule is C#CCNc1ccc(O)cc1[N+](=O)[O-]. The summed E-state index contributed by atoms with van der Waals surface area (Å²) in [6.45, 7) is 0.200. The summed E-state index contributed by atoms with van der Waals surface area (Å²) >= 11 is 0. The summed E-state index contributed by atoms with van der Waals surface area (Å²) in [6.07, 6.45) is 5.00. The molecule has 14 heavy (non-hydrogen) atoms. The van der Waals surface area contributed by atoms with Crippen LogP contribution >= 0.6 is 0 Å². The number of hydrogen-bond acceptors (Lipinski definition) is 4. The maximum absolute atomic E-state index is 10.5. The minimum atomic E-state index is -0.585. The van der Waals surface area contributed by atoms with E-state index in [0.717, 1.165) is 6.07 Å². The summed E-state index contributed by atoms with van der Waals surface area (Å²) in [5.41, 5.74) is 0.103. The van der Waals surface area contributed by atoms with E-state index in [1.165, 1.54) is 12.1 Å². The number of aromatic hydroxyl groups is 1. The van der Waals surface area contributed by atoms with Gasteiger partial charge in [-0.25, -0.2) is 0 Å². The van der Waals surface area contributed by atoms with Gasteiger partial charge >= 0.3 is 0 Å². The highest BCUT2D eigenvalue weighted by molar-refractivity contribution is 5.63. The van der Waals surface area contributed by atoms with Gasteiger partial charge in [0.15, 0.2) is 0 Å². The van der Waals surface area contributed by atoms with Crippen molar-refractivity contribution in [3.8, 4) is 18.1 Å². The molecular weight excluding hydrogens is 184 g/mol. The molecule has 1 rings (SSSR count). The summed E-state index contributed by atoms with van der Waals surface area (Å²) in [5, 5.41) is 22.3. The maximum Gasteiger partial charge on any atom is 0.296 e. The van der Waals surface area contributed by atoms with Gasteiger partial charge in [0.25, 0.3) is 5.69 Å². The molecule has 5 heteroatoms. The van der Waals surface area contributed by atoms with Gasteiger partial charge in [-0.05, 0) is 12.1 Å². The molecule has 0 unspecified atom stereocenters. The number of terminal acetylenes is 1. The first-order valence-electron chi connectivity index (χ1n) is 3.80. The Morgan fingerprint density at radius 2 is 2.36 bits per heavy atom. The molecule has 0 aliphatic rings. The fourth-order valence-corrected chi connectivity index (χ4v) is 0.967. The Kier molecular flexibility index (Phi) is 2.92. The molecule has 1 aromatic rings. The van der Waals surface area contributed by atoms with Crippen molar-refractivity contribution in [2.24, 2.45) is 0 Å². The summed E-state index contributed by atoms with van der Waals surface area (Å²) in [5.74, 6) is 2.15. The number of rotatable bonds is 3. The molecule has 0 aromatic heterocycles. The van der Waals surface area contributed by atoms with Crippen molar-refractivity contribution >= 4 is 11.4 Å². The van der Waals surface area contributed by atoms with Crippen molar-refractivity contribution < 1.29 is 10.0 Å². The van der Waals surface area contributed by atoms with Gasteiger partial charge in [-0.15, -0.1) is 6.42 Å². The van der Waals surface area contributed by atoms with Gasteiger partial charge in [0.1, 0.15) is 11.4 Å². The lowest BCUT2D eigenvalue weighted by atomic mass is 10.2. The zero-order chi connectivity index (χ0) is 10.6. The van der Waals surface area contributed by atoms with Gasteiger partial charge in [0, 0.05) is 0 Å². The fourth-order valence-electron chi connectivity index (χ4n) is 0.967. The Hall–Kier alpha value is -2.22. The molecule has 0 saturated heterocycles. The topological polar surface area (TPSA) is 75.4 Å². The van der Waals surface area contributed by atoms with Crippen molar-refractivity contribution in [3.63, 3.8) is 0 Å². The molecule has 0 amide bonds. The van der Waals surface area contributed by atoms with Gasteiger partial charge < -0.3 is 10.4 Å². The van der Waals surface area contributed by atoms with Crippen LogP contribution in [0.4, 0.5) is 11.4 Å². The first-order valence-corrected chi connectivity index (χ1v) is 3.80. The van der Waals surface area contributed by atoms with Crippen LogP contribution in [0.2, 0.25) is 0 Å². The molecule has 0 spiro atoms. The Morgan fingerprint density at radius 1 is 1.64 bits per heavy atom. The van der Waals surface area contributed by atoms with Crippen LogP contribution in [0.3, 0.4) is 0 Å². The molecule has 1 aromatic carbocycles. The van der Waals surface area contributed by atoms with Crippen molar-refractivity contribution in [3.05, 3.63) is 28.3 Å². The van der Waals surface area contributed by atoms with Gasteiger partial charge in [0.2, 0.25) is 0 Å². The van der Waals surface area contributed by atoms with E-state index < -0.39 is 4.92 Å². The average Bonchev–Trinajstić information content (AvgIpc) is 2.15. The molecule has 0 heterocycles. The van der Waals surface area contributed by atoms with Gasteiger partial charge in [-0.2, -0.15) is 0 Å². The molecule has 0 saturated carbocycles. The zero-order valence-corrected chi connectivity index (χ0v) is 7.23. The number of nitrogens with zero attached hydrogens (tertiary/aromatic N) is 1. The number of phenolic OH excluding ortho intramolecular Hbond substituents is 1. The van der Waals surface area contributed by atoms with Crippen LogP contribution in [0.5, 0.6) is 5.75 Å². The lowest BCUT2D eigenvalue weighted by Crippen LogP contribution is -2.01. The number of nitrogens with one attached hydrogen (secondary N) is 1. The molecule has 5 nitrogen and oxygen atoms in total. The summed E-state index contributed by atoms with van der Waals surface area (Å²) in [4.78, 5) is 9.96. The number of benzene rings is 1. The minimum Gasteiger partial charge on any atom is -0.508 e. The Balaban J connectivity index is 3.03. The zero-order valence-electron chi connectivity index (χ0n) is 7.23. The Bertz CT molecular complexity index is 396. The second-order valence-corrected chi connectivity index (χ2v) is 2.52. The highest BCUT2D eigenvalue weighted by atomic mass is 16.6. The third-order valence-corrected chi connectivity index (χ3v) is 1.56. The van der Waals surface area contributed by atoms with E-state index >= 15 is 0 Å². The van der Waals surface area contributed by atoms with E-state index in [9.17, 15) is 10.1 Å². The number of nitro benzene ring substituents is 1. The van der Waals surface area contributed by atoms with Crippen LogP contribution in [0.1, 0.15) is 0 Å². The highest BCUT2D eigenvalue weighted by Crippen LogP contribution is 2.27. The first-order chi connectivity index (χ1) is 6.65. The molecule has 0 atom stereocenters. The van der Waals surface area contributed by atoms with E-state index in [1.807, 2.05) is 0 Å². The fraction of sp³-hybridized carbons (Fsp3) is 0.111. The van der Waals surface area contributed by atoms with Gasteiger partial charge in [0.05, 0.1) is 17.5 Å². The minimum absolute atomic E-state index is 0.150. The smallest absolute Gasteiger partial charge is 0.296 e. The molecule has 2 N–H and O–H groups in total. The molecular formula is C9H8N2O3. The van der Waals surface area contributed by atoms with E-state index in [4.69, 9.17) is 11.5 Å². The van der Waals surface area contributed by atoms with Crippen LogP contribution in [-0.4, -0.2) is 16.6 Å². The third-order valence-electron chi connectivity index (χ3n) is 1.56. The Labute approximate surface area is 80.5 Å². The molecule has 0 aliphatic carbocycles. The van der Waals surface area contributed by atoms with Crippen molar-refractivity contribution in [2.75, 3.05) is 11.9 Å². The van der Waals surface area contributed by atoms with Crippen LogP contribution in [0, 0.1) is 22.5 Å². The van der Waals surface area contributed by atoms with E-state index in [0.29, 0.717) is 5.69 Å². The normalized spacial score (nSPS) is 9.07. The van der Waals surface area contributed by atoms with Crippen LogP contribution in [0.25, 0.3) is 0 Å². The summed E-state index contributed by atoms with van der Waals surface area (Å²) in [7, 11) is 0. The average molecular weight is 192 g/mol. The van der Waals surface area contributed by atoms with E-state index in [-0.39, 0.29) is 18.0 Å². The monoisotopic (exact) mass is 192 g/mol. The van der Waals surface area contributed by atoms with Crippen LogP contribution in [0.15, 0.2) is 18.2 Å². The predicted molar refractivity (Wildman–Crippen MR) is 52.1 cm³/mol. The number of anilines is 1. The maximum atomic E-state index is 10.5. The standard InChI is InChI=1S/C9H8N2O3/c1-2-5-10-8-4-3-7(12)6-9(8)11(13)14/h1,3-4,6,10,12H,5H2.